The summed E-state index contributed by atoms with van der Waals surface area (Å²) in [6.45, 7) is 3.96. The van der Waals surface area contributed by atoms with Crippen LogP contribution in [0.3, 0.4) is 0 Å². The number of H-pyrrole nitrogens is 2. The number of imidazole rings is 2. The van der Waals surface area contributed by atoms with Gasteiger partial charge in [-0.1, -0.05) is 29.8 Å². The van der Waals surface area contributed by atoms with Gasteiger partial charge in [-0.05, 0) is 49.6 Å². The monoisotopic (exact) mass is 454 g/mol. The molecule has 34 heavy (non-hydrogen) atoms. The van der Waals surface area contributed by atoms with Crippen molar-refractivity contribution in [2.24, 2.45) is 0 Å². The zero-order chi connectivity index (χ0) is 23.7. The van der Waals surface area contributed by atoms with Gasteiger partial charge < -0.3 is 25.0 Å². The highest BCUT2D eigenvalue weighted by molar-refractivity contribution is 5.86. The Balaban J connectivity index is 1.51. The molecule has 8 nitrogen and oxygen atoms in total. The molecule has 3 aromatic heterocycles. The summed E-state index contributed by atoms with van der Waals surface area (Å²) in [5, 5.41) is 13.4. The number of anilines is 1. The van der Waals surface area contributed by atoms with Crippen LogP contribution >= 0.6 is 0 Å². The van der Waals surface area contributed by atoms with Crippen LogP contribution in [0.2, 0.25) is 0 Å². The van der Waals surface area contributed by atoms with Crippen LogP contribution in [0.1, 0.15) is 16.7 Å². The largest absolute Gasteiger partial charge is 0.394 e. The third kappa shape index (κ3) is 4.23. The van der Waals surface area contributed by atoms with Crippen molar-refractivity contribution in [1.29, 1.82) is 0 Å². The maximum atomic E-state index is 12.9. The summed E-state index contributed by atoms with van der Waals surface area (Å²) in [5.41, 5.74) is 6.61. The molecule has 0 radical (unpaired) electrons. The highest BCUT2D eigenvalue weighted by atomic mass is 16.3. The van der Waals surface area contributed by atoms with Gasteiger partial charge in [0.15, 0.2) is 0 Å². The number of aryl methyl sites for hydroxylation is 2. The summed E-state index contributed by atoms with van der Waals surface area (Å²) in [7, 11) is 0. The first-order valence-electron chi connectivity index (χ1n) is 11.2. The molecule has 0 fully saturated rings. The molecule has 0 aliphatic rings. The lowest BCUT2D eigenvalue weighted by Crippen LogP contribution is -2.28. The Morgan fingerprint density at radius 2 is 1.97 bits per heavy atom. The molecule has 0 aliphatic carbocycles. The molecule has 0 amide bonds. The number of nitrogens with zero attached hydrogens (tertiary/aromatic N) is 3. The van der Waals surface area contributed by atoms with E-state index in [1.54, 1.807) is 24.8 Å². The van der Waals surface area contributed by atoms with Gasteiger partial charge >= 0.3 is 0 Å². The fourth-order valence-corrected chi connectivity index (χ4v) is 4.17. The predicted molar refractivity (Wildman–Crippen MR) is 133 cm³/mol. The molecule has 8 heteroatoms. The second-order valence-electron chi connectivity index (χ2n) is 8.52. The van der Waals surface area contributed by atoms with E-state index < -0.39 is 0 Å². The molecule has 1 atom stereocenters. The SMILES string of the molecule is Cc1ccc(C[C@@H](CO)Nc2cc[nH]c(=O)c2-c2nc3c(C)cc(-n4ccnc4)cc3[nH]2)cc1. The van der Waals surface area contributed by atoms with Crippen molar-refractivity contribution in [3.05, 3.63) is 94.4 Å². The molecule has 0 bridgehead atoms. The maximum absolute atomic E-state index is 12.9. The van der Waals surface area contributed by atoms with Crippen molar-refractivity contribution in [3.63, 3.8) is 0 Å². The van der Waals surface area contributed by atoms with Crippen molar-refractivity contribution < 1.29 is 5.11 Å². The number of benzene rings is 2. The lowest BCUT2D eigenvalue weighted by atomic mass is 10.0. The summed E-state index contributed by atoms with van der Waals surface area (Å²) in [6.07, 6.45) is 7.57. The third-order valence-electron chi connectivity index (χ3n) is 5.94. The van der Waals surface area contributed by atoms with Gasteiger partial charge in [0, 0.05) is 24.3 Å². The Labute approximate surface area is 196 Å². The molecule has 2 aromatic carbocycles. The van der Waals surface area contributed by atoms with Crippen LogP contribution in [0, 0.1) is 13.8 Å². The zero-order valence-corrected chi connectivity index (χ0v) is 19.0. The van der Waals surface area contributed by atoms with Gasteiger partial charge in [0.05, 0.1) is 35.7 Å². The standard InChI is InChI=1S/C26H26N6O2/c1-16-3-5-18(6-4-16)12-19(14-33)29-21-7-8-28-26(34)23(21)25-30-22-13-20(32-10-9-27-15-32)11-17(2)24(22)31-25/h3-11,13,15,19,33H,12,14H2,1-2H3,(H,30,31)(H2,28,29,34)/t19-/m0/s1. The Bertz CT molecular complexity index is 1480. The summed E-state index contributed by atoms with van der Waals surface area (Å²) in [6, 6.07) is 13.8. The van der Waals surface area contributed by atoms with Gasteiger partial charge in [-0.2, -0.15) is 0 Å². The van der Waals surface area contributed by atoms with Crippen molar-refractivity contribution in [3.8, 4) is 17.1 Å². The fourth-order valence-electron chi connectivity index (χ4n) is 4.17. The Morgan fingerprint density at radius 1 is 1.15 bits per heavy atom. The average Bonchev–Trinajstić information content (AvgIpc) is 3.50. The van der Waals surface area contributed by atoms with Crippen molar-refractivity contribution >= 4 is 16.7 Å². The molecule has 4 N–H and O–H groups in total. The molecule has 0 spiro atoms. The smallest absolute Gasteiger partial charge is 0.261 e. The van der Waals surface area contributed by atoms with E-state index in [0.717, 1.165) is 27.8 Å². The molecule has 172 valence electrons. The first-order valence-corrected chi connectivity index (χ1v) is 11.2. The summed E-state index contributed by atoms with van der Waals surface area (Å²) >= 11 is 0. The number of aliphatic hydroxyl groups excluding tert-OH is 1. The predicted octanol–water partition coefficient (Wildman–Crippen LogP) is 3.74. The third-order valence-corrected chi connectivity index (χ3v) is 5.94. The molecule has 5 aromatic rings. The van der Waals surface area contributed by atoms with E-state index in [2.05, 4.69) is 44.5 Å². The van der Waals surface area contributed by atoms with Gasteiger partial charge in [-0.25, -0.2) is 9.97 Å². The second-order valence-corrected chi connectivity index (χ2v) is 8.52. The van der Waals surface area contributed by atoms with Crippen LogP contribution < -0.4 is 10.9 Å². The number of hydrogen-bond donors (Lipinski definition) is 4. The van der Waals surface area contributed by atoms with Crippen LogP contribution in [-0.4, -0.2) is 42.3 Å². The van der Waals surface area contributed by atoms with E-state index in [-0.39, 0.29) is 18.2 Å². The van der Waals surface area contributed by atoms with E-state index in [0.29, 0.717) is 23.5 Å². The summed E-state index contributed by atoms with van der Waals surface area (Å²) in [4.78, 5) is 27.8. The molecule has 5 rings (SSSR count). The summed E-state index contributed by atoms with van der Waals surface area (Å²) < 4.78 is 1.92. The molecule has 0 saturated carbocycles. The minimum Gasteiger partial charge on any atom is -0.394 e. The van der Waals surface area contributed by atoms with Crippen LogP contribution in [0.25, 0.3) is 28.1 Å². The molecule has 3 heterocycles. The normalized spacial score (nSPS) is 12.2. The topological polar surface area (TPSA) is 112 Å². The van der Waals surface area contributed by atoms with Crippen LogP contribution in [-0.2, 0) is 6.42 Å². The first-order chi connectivity index (χ1) is 16.5. The van der Waals surface area contributed by atoms with E-state index in [1.807, 2.05) is 36.7 Å². The molecule has 0 unspecified atom stereocenters. The van der Waals surface area contributed by atoms with E-state index in [9.17, 15) is 9.90 Å². The number of hydrogen-bond acceptors (Lipinski definition) is 5. The Kier molecular flexibility index (Phi) is 5.73. The quantitative estimate of drug-likeness (QED) is 0.299. The number of aromatic amines is 2. The van der Waals surface area contributed by atoms with Crippen molar-refractivity contribution in [1.82, 2.24) is 24.5 Å². The molecule has 0 aliphatic heterocycles. The maximum Gasteiger partial charge on any atom is 0.261 e. The van der Waals surface area contributed by atoms with Gasteiger partial charge in [-0.15, -0.1) is 0 Å². The van der Waals surface area contributed by atoms with Crippen molar-refractivity contribution in [2.75, 3.05) is 11.9 Å². The molecule has 0 saturated heterocycles. The van der Waals surface area contributed by atoms with E-state index >= 15 is 0 Å². The van der Waals surface area contributed by atoms with Crippen LogP contribution in [0.5, 0.6) is 0 Å². The number of fused-ring (bicyclic) bond motifs is 1. The van der Waals surface area contributed by atoms with Gasteiger partial charge in [0.2, 0.25) is 0 Å². The number of aromatic nitrogens is 5. The minimum absolute atomic E-state index is 0.0758. The molecular weight excluding hydrogens is 428 g/mol. The van der Waals surface area contributed by atoms with Crippen molar-refractivity contribution in [2.45, 2.75) is 26.3 Å². The number of pyridine rings is 1. The van der Waals surface area contributed by atoms with Crippen LogP contribution in [0.15, 0.2) is 72.2 Å². The highest BCUT2D eigenvalue weighted by Crippen LogP contribution is 2.28. The molecular formula is C26H26N6O2. The number of nitrogens with one attached hydrogen (secondary N) is 3. The minimum atomic E-state index is -0.262. The average molecular weight is 455 g/mol. The Hall–Kier alpha value is -4.17. The first kappa shape index (κ1) is 21.7. The van der Waals surface area contributed by atoms with E-state index in [4.69, 9.17) is 4.98 Å². The lowest BCUT2D eigenvalue weighted by Gasteiger charge is -2.19. The number of aliphatic hydroxyl groups is 1. The highest BCUT2D eigenvalue weighted by Gasteiger charge is 2.18. The fraction of sp³-hybridized carbons (Fsp3) is 0.192. The number of rotatable bonds is 7. The van der Waals surface area contributed by atoms with Crippen LogP contribution in [0.4, 0.5) is 5.69 Å². The summed E-state index contributed by atoms with van der Waals surface area (Å²) in [5.74, 6) is 0.470. The van der Waals surface area contributed by atoms with Gasteiger partial charge in [-0.3, -0.25) is 4.79 Å². The second kappa shape index (κ2) is 8.99. The van der Waals surface area contributed by atoms with Gasteiger partial charge in [0.25, 0.3) is 5.56 Å². The Morgan fingerprint density at radius 3 is 2.71 bits per heavy atom. The van der Waals surface area contributed by atoms with Gasteiger partial charge in [0.1, 0.15) is 11.4 Å². The lowest BCUT2D eigenvalue weighted by molar-refractivity contribution is 0.274. The zero-order valence-electron chi connectivity index (χ0n) is 19.0. The van der Waals surface area contributed by atoms with E-state index in [1.165, 1.54) is 5.56 Å².